The predicted octanol–water partition coefficient (Wildman–Crippen LogP) is 16.5. The quantitative estimate of drug-likeness (QED) is 0.0854. The molecule has 0 bridgehead atoms. The molecule has 0 radical (unpaired) electrons. The molecule has 3 aliphatic rings. The van der Waals surface area contributed by atoms with Crippen LogP contribution in [-0.2, 0) is 0 Å². The molecule has 0 saturated heterocycles. The number of benzene rings is 8. The van der Waals surface area contributed by atoms with Crippen molar-refractivity contribution in [2.75, 3.05) is 0 Å². The summed E-state index contributed by atoms with van der Waals surface area (Å²) in [6.45, 7) is 0. The van der Waals surface area contributed by atoms with E-state index in [0.29, 0.717) is 47.8 Å². The van der Waals surface area contributed by atoms with Crippen LogP contribution in [0.15, 0.2) is 238 Å². The molecule has 0 unspecified atom stereocenters. The van der Waals surface area contributed by atoms with Crippen molar-refractivity contribution >= 4 is 156 Å². The highest BCUT2D eigenvalue weighted by Gasteiger charge is 2.40. The first-order chi connectivity index (χ1) is 41.5. The minimum Gasteiger partial charge on any atom is -0.394 e. The smallest absolute Gasteiger partial charge is 0.265 e. The van der Waals surface area contributed by atoms with E-state index in [1.165, 1.54) is 48.5 Å². The molecule has 0 saturated carbocycles. The predicted molar refractivity (Wildman–Crippen MR) is 342 cm³/mol. The molecular formula is C67H42Cl8N2O11. The van der Waals surface area contributed by atoms with Gasteiger partial charge in [-0.3, -0.25) is 52.7 Å². The summed E-state index contributed by atoms with van der Waals surface area (Å²) in [4.78, 5) is 135. The number of carbonyl (C=O) groups excluding carboxylic acids is 11. The number of allylic oxidation sites excluding steroid dienone is 6. The Morgan fingerprint density at radius 3 is 1.02 bits per heavy atom. The zero-order chi connectivity index (χ0) is 63.2. The van der Waals surface area contributed by atoms with Crippen molar-refractivity contribution in [3.63, 3.8) is 0 Å². The van der Waals surface area contributed by atoms with Crippen LogP contribution in [0.2, 0.25) is 15.1 Å². The molecule has 11 rings (SSSR count). The molecule has 88 heavy (non-hydrogen) atoms. The second-order valence-electron chi connectivity index (χ2n) is 18.1. The first kappa shape index (κ1) is 68.4. The molecular weight excluding hydrogens is 1290 g/mol. The van der Waals surface area contributed by atoms with E-state index >= 15 is 0 Å². The second-order valence-corrected chi connectivity index (χ2v) is 21.3. The maximum Gasteiger partial charge on any atom is 0.265 e. The van der Waals surface area contributed by atoms with Gasteiger partial charge in [0, 0.05) is 88.3 Å². The van der Waals surface area contributed by atoms with Gasteiger partial charge >= 0.3 is 0 Å². The van der Waals surface area contributed by atoms with Crippen LogP contribution < -0.4 is 5.73 Å². The number of rotatable bonds is 8. The van der Waals surface area contributed by atoms with Crippen LogP contribution in [0.5, 0.6) is 0 Å². The SMILES string of the molecule is C.NC1=C(Cl)C(=O)c2ccccc2C1=O.O=C(CC1=C(Cl)C(=O)c2ccccc2C1=O)c1ccc(Cl)cc1.O=C(Cl)c1ccc(Cl)cc1.O=C(Cl)c1ccccc1.O=C1C(Cl)=C(N(C(=O)c2ccccc2)C(=O)c2ccc(Cl)cc2)C(=O)c2ccccc21. The van der Waals surface area contributed by atoms with Crippen LogP contribution >= 0.6 is 92.8 Å². The maximum atomic E-state index is 13.4. The van der Waals surface area contributed by atoms with Crippen LogP contribution in [0.4, 0.5) is 0 Å². The topological polar surface area (TPSA) is 217 Å². The average molecular weight is 1330 g/mol. The van der Waals surface area contributed by atoms with Gasteiger partial charge in [-0.2, -0.15) is 0 Å². The van der Waals surface area contributed by atoms with Crippen molar-refractivity contribution in [3.05, 3.63) is 315 Å². The minimum atomic E-state index is -0.806. The average Bonchev–Trinajstić information content (AvgIpc) is 1.52. The van der Waals surface area contributed by atoms with E-state index in [1.807, 2.05) is 6.07 Å². The van der Waals surface area contributed by atoms with Gasteiger partial charge < -0.3 is 5.73 Å². The van der Waals surface area contributed by atoms with E-state index in [1.54, 1.807) is 152 Å². The Hall–Kier alpha value is -8.73. The lowest BCUT2D eigenvalue weighted by Crippen LogP contribution is -2.41. The first-order valence-electron chi connectivity index (χ1n) is 25.2. The molecule has 2 amide bonds. The van der Waals surface area contributed by atoms with E-state index in [9.17, 15) is 52.7 Å². The normalized spacial score (nSPS) is 12.8. The number of fused-ring (bicyclic) bond motifs is 3. The van der Waals surface area contributed by atoms with Crippen molar-refractivity contribution in [2.45, 2.75) is 13.8 Å². The van der Waals surface area contributed by atoms with Crippen LogP contribution in [-0.4, -0.2) is 67.7 Å². The third kappa shape index (κ3) is 16.3. The summed E-state index contributed by atoms with van der Waals surface area (Å²) < 4.78 is 0. The van der Waals surface area contributed by atoms with Crippen molar-refractivity contribution in [3.8, 4) is 0 Å². The summed E-state index contributed by atoms with van der Waals surface area (Å²) in [7, 11) is 0. The van der Waals surface area contributed by atoms with Gasteiger partial charge in [0.2, 0.25) is 28.9 Å². The fourth-order valence-electron chi connectivity index (χ4n) is 8.23. The van der Waals surface area contributed by atoms with Gasteiger partial charge in [0.25, 0.3) is 22.3 Å². The fraction of sp³-hybridized carbons (Fsp3) is 0.0299. The van der Waals surface area contributed by atoms with Gasteiger partial charge in [-0.15, -0.1) is 0 Å². The summed E-state index contributed by atoms with van der Waals surface area (Å²) in [5.74, 6) is -4.80. The summed E-state index contributed by atoms with van der Waals surface area (Å²) >= 11 is 45.5. The Balaban J connectivity index is 0.000000189. The monoisotopic (exact) mass is 1330 g/mol. The Kier molecular flexibility index (Phi) is 24.3. The molecule has 13 nitrogen and oxygen atoms in total. The Bertz CT molecular complexity index is 4160. The number of ketones is 7. The summed E-state index contributed by atoms with van der Waals surface area (Å²) in [6, 6.07) is 54.3. The molecule has 0 fully saturated rings. The van der Waals surface area contributed by atoms with Gasteiger partial charge in [0.05, 0.1) is 5.03 Å². The number of hydrogen-bond acceptors (Lipinski definition) is 12. The fourth-order valence-corrected chi connectivity index (χ4v) is 9.57. The molecule has 0 atom stereocenters. The molecule has 0 aliphatic heterocycles. The summed E-state index contributed by atoms with van der Waals surface area (Å²) in [5, 5.41) is -0.224. The van der Waals surface area contributed by atoms with E-state index in [0.717, 1.165) is 0 Å². The number of Topliss-reactive ketones (excluding diaryl/α,β-unsaturated/α-hetero) is 7. The van der Waals surface area contributed by atoms with Gasteiger partial charge in [0.1, 0.15) is 21.5 Å². The molecule has 8 aromatic rings. The number of nitrogens with two attached hydrogens (primary N) is 1. The third-order valence-corrected chi connectivity index (χ3v) is 14.9. The Morgan fingerprint density at radius 2 is 0.625 bits per heavy atom. The molecule has 442 valence electrons. The molecule has 8 aromatic carbocycles. The van der Waals surface area contributed by atoms with Crippen LogP contribution in [0.3, 0.4) is 0 Å². The Labute approximate surface area is 543 Å². The van der Waals surface area contributed by atoms with E-state index < -0.39 is 50.4 Å². The number of carbonyl (C=O) groups is 11. The van der Waals surface area contributed by atoms with Crippen LogP contribution in [0, 0.1) is 0 Å². The summed E-state index contributed by atoms with van der Waals surface area (Å²) in [5.41, 5.74) is 7.84. The first-order valence-corrected chi connectivity index (χ1v) is 28.2. The molecule has 0 heterocycles. The maximum absolute atomic E-state index is 13.4. The second kappa shape index (κ2) is 31.3. The number of amides is 2. The van der Waals surface area contributed by atoms with Crippen LogP contribution in [0.1, 0.15) is 128 Å². The zero-order valence-corrected chi connectivity index (χ0v) is 50.4. The van der Waals surface area contributed by atoms with Gasteiger partial charge in [-0.1, -0.05) is 198 Å². The molecule has 0 aromatic heterocycles. The van der Waals surface area contributed by atoms with Crippen molar-refractivity contribution in [1.82, 2.24) is 4.90 Å². The molecule has 21 heteroatoms. The number of hydrogen-bond donors (Lipinski definition) is 1. The minimum absolute atomic E-state index is 0. The standard InChI is InChI=1S/C24H13Cl2NO4.C18H10Cl2O3.C10H6ClNO2.C7H4Cl2O.C7H5ClO.CH4/c25-16-12-10-15(11-13-16)24(31)27(23(30)14-6-2-1-3-7-14)20-19(26)21(28)17-8-4-5-9-18(17)22(20)29;19-11-7-5-10(6-8-11)15(21)9-14-16(20)18(23)13-4-2-1-3-12(13)17(14)22;11-7-8(12)10(14)6-4-2-1-3-5(6)9(7)13;8-6-3-1-5(2-4-6)7(9)10;8-7(9)6-4-2-1-3-5-6;/h1-13H;1-8H,9H2;1-4H,12H2;1-4H;1-5H;1H4. The number of nitrogens with zero attached hydrogens (tertiary/aromatic N) is 1. The van der Waals surface area contributed by atoms with Crippen LogP contribution in [0.25, 0.3) is 0 Å². The number of imide groups is 1. The highest BCUT2D eigenvalue weighted by Crippen LogP contribution is 2.34. The zero-order valence-electron chi connectivity index (χ0n) is 44.4. The highest BCUT2D eigenvalue weighted by atomic mass is 35.5. The largest absolute Gasteiger partial charge is 0.394 e. The molecule has 3 aliphatic carbocycles. The summed E-state index contributed by atoms with van der Waals surface area (Å²) in [6.07, 6.45) is -0.223. The lowest BCUT2D eigenvalue weighted by molar-refractivity contribution is 0.0640. The van der Waals surface area contributed by atoms with E-state index in [4.69, 9.17) is 98.5 Å². The highest BCUT2D eigenvalue weighted by molar-refractivity contribution is 6.68. The number of halogens is 8. The van der Waals surface area contributed by atoms with Gasteiger partial charge in [-0.05, 0) is 108 Å². The van der Waals surface area contributed by atoms with Crippen molar-refractivity contribution in [2.24, 2.45) is 5.73 Å². The lowest BCUT2D eigenvalue weighted by Gasteiger charge is -2.27. The Morgan fingerprint density at radius 1 is 0.330 bits per heavy atom. The van der Waals surface area contributed by atoms with Crippen molar-refractivity contribution in [1.29, 1.82) is 0 Å². The van der Waals surface area contributed by atoms with Gasteiger partial charge in [-0.25, -0.2) is 4.90 Å². The van der Waals surface area contributed by atoms with E-state index in [-0.39, 0.29) is 91.7 Å². The van der Waals surface area contributed by atoms with Gasteiger partial charge in [0.15, 0.2) is 11.6 Å². The lowest BCUT2D eigenvalue weighted by atomic mass is 9.86. The third-order valence-electron chi connectivity index (χ3n) is 12.6. The van der Waals surface area contributed by atoms with E-state index in [2.05, 4.69) is 0 Å². The van der Waals surface area contributed by atoms with Crippen molar-refractivity contribution < 1.29 is 52.7 Å². The molecule has 2 N–H and O–H groups in total. The molecule has 0 spiro atoms.